The minimum atomic E-state index is 0.0159. The number of amides is 1. The van der Waals surface area contributed by atoms with Gasteiger partial charge in [0.05, 0.1) is 5.70 Å². The van der Waals surface area contributed by atoms with E-state index in [1.807, 2.05) is 39.1 Å². The molecule has 1 aromatic carbocycles. The van der Waals surface area contributed by atoms with Crippen molar-refractivity contribution in [3.63, 3.8) is 0 Å². The first-order chi connectivity index (χ1) is 10.9. The Hall–Kier alpha value is -1.53. The Kier molecular flexibility index (Phi) is 6.07. The molecule has 1 aliphatic heterocycles. The fourth-order valence-corrected chi connectivity index (χ4v) is 2.95. The molecule has 0 unspecified atom stereocenters. The van der Waals surface area contributed by atoms with E-state index in [1.54, 1.807) is 5.01 Å². The first-order valence-electron chi connectivity index (χ1n) is 7.81. The molecule has 126 valence electrons. The van der Waals surface area contributed by atoms with Gasteiger partial charge in [0.2, 0.25) is 5.91 Å². The highest BCUT2D eigenvalue weighted by molar-refractivity contribution is 9.10. The monoisotopic (exact) mass is 381 g/mol. The number of hydrogen-bond acceptors (Lipinski definition) is 4. The summed E-state index contributed by atoms with van der Waals surface area (Å²) < 4.78 is 6.83. The molecule has 0 fully saturated rings. The standard InChI is InChI=1S/C17H24BrN3O2/c1-11(2)17(22)20-8-4-5-12-10-23-15-7-6-13(18)9-14(15)16(12)21(3)19/h6-7,9,11H,4-5,8,10,19H2,1-3H3,(H,20,22). The molecule has 1 aromatic rings. The second-order valence-electron chi connectivity index (χ2n) is 6.04. The summed E-state index contributed by atoms with van der Waals surface area (Å²) >= 11 is 3.50. The van der Waals surface area contributed by atoms with Gasteiger partial charge < -0.3 is 15.1 Å². The largest absolute Gasteiger partial charge is 0.488 e. The highest BCUT2D eigenvalue weighted by Gasteiger charge is 2.22. The zero-order valence-corrected chi connectivity index (χ0v) is 15.4. The molecule has 1 heterocycles. The maximum Gasteiger partial charge on any atom is 0.222 e. The number of halogens is 1. The second kappa shape index (κ2) is 7.84. The number of nitrogens with one attached hydrogen (secondary N) is 1. The topological polar surface area (TPSA) is 67.6 Å². The van der Waals surface area contributed by atoms with Gasteiger partial charge in [0.1, 0.15) is 12.4 Å². The molecule has 1 amide bonds. The Morgan fingerprint density at radius 2 is 2.22 bits per heavy atom. The van der Waals surface area contributed by atoms with Crippen molar-refractivity contribution in [2.75, 3.05) is 20.2 Å². The number of rotatable bonds is 6. The fraction of sp³-hybridized carbons (Fsp3) is 0.471. The fourth-order valence-electron chi connectivity index (χ4n) is 2.58. The summed E-state index contributed by atoms with van der Waals surface area (Å²) in [6, 6.07) is 5.93. The Morgan fingerprint density at radius 3 is 2.87 bits per heavy atom. The molecule has 2 rings (SSSR count). The number of nitrogens with two attached hydrogens (primary N) is 1. The SMILES string of the molecule is CC(C)C(=O)NCCCC1=C(N(C)N)c2cc(Br)ccc2OC1. The van der Waals surface area contributed by atoms with E-state index in [0.29, 0.717) is 13.2 Å². The van der Waals surface area contributed by atoms with Gasteiger partial charge in [-0.2, -0.15) is 0 Å². The molecule has 0 aliphatic carbocycles. The van der Waals surface area contributed by atoms with Crippen LogP contribution in [0.4, 0.5) is 0 Å². The van der Waals surface area contributed by atoms with E-state index >= 15 is 0 Å². The molecule has 0 radical (unpaired) electrons. The van der Waals surface area contributed by atoms with Crippen LogP contribution in [0.1, 0.15) is 32.3 Å². The maximum absolute atomic E-state index is 11.6. The van der Waals surface area contributed by atoms with Crippen LogP contribution in [0.15, 0.2) is 28.2 Å². The molecule has 3 N–H and O–H groups in total. The van der Waals surface area contributed by atoms with Gasteiger partial charge in [-0.25, -0.2) is 5.84 Å². The molecule has 0 atom stereocenters. The van der Waals surface area contributed by atoms with Crippen molar-refractivity contribution in [3.05, 3.63) is 33.8 Å². The van der Waals surface area contributed by atoms with Crippen molar-refractivity contribution in [2.45, 2.75) is 26.7 Å². The van der Waals surface area contributed by atoms with Gasteiger partial charge >= 0.3 is 0 Å². The third-order valence-electron chi connectivity index (χ3n) is 3.77. The number of benzene rings is 1. The highest BCUT2D eigenvalue weighted by Crippen LogP contribution is 2.36. The molecule has 0 saturated carbocycles. The summed E-state index contributed by atoms with van der Waals surface area (Å²) in [5.41, 5.74) is 3.15. The summed E-state index contributed by atoms with van der Waals surface area (Å²) in [4.78, 5) is 11.6. The smallest absolute Gasteiger partial charge is 0.222 e. The van der Waals surface area contributed by atoms with Crippen LogP contribution in [0.5, 0.6) is 5.75 Å². The first kappa shape index (κ1) is 17.8. The summed E-state index contributed by atoms with van der Waals surface area (Å²) in [6.45, 7) is 4.98. The van der Waals surface area contributed by atoms with Crippen LogP contribution in [0.3, 0.4) is 0 Å². The van der Waals surface area contributed by atoms with Crippen molar-refractivity contribution in [1.82, 2.24) is 10.3 Å². The normalized spacial score (nSPS) is 13.7. The predicted molar refractivity (Wildman–Crippen MR) is 95.6 cm³/mol. The Labute approximate surface area is 146 Å². The zero-order chi connectivity index (χ0) is 17.0. The van der Waals surface area contributed by atoms with Gasteiger partial charge in [0.25, 0.3) is 0 Å². The average Bonchev–Trinajstić information content (AvgIpc) is 2.50. The number of fused-ring (bicyclic) bond motifs is 1. The molecular weight excluding hydrogens is 358 g/mol. The number of carbonyl (C=O) groups excluding carboxylic acids is 1. The molecule has 1 aliphatic rings. The number of hydrogen-bond donors (Lipinski definition) is 2. The Balaban J connectivity index is 2.09. The average molecular weight is 382 g/mol. The van der Waals surface area contributed by atoms with E-state index in [1.165, 1.54) is 0 Å². The molecule has 0 saturated heterocycles. The summed E-state index contributed by atoms with van der Waals surface area (Å²) in [7, 11) is 1.84. The van der Waals surface area contributed by atoms with Crippen molar-refractivity contribution in [2.24, 2.45) is 11.8 Å². The van der Waals surface area contributed by atoms with Crippen molar-refractivity contribution >= 4 is 27.5 Å². The second-order valence-corrected chi connectivity index (χ2v) is 6.96. The third-order valence-corrected chi connectivity index (χ3v) is 4.26. The van der Waals surface area contributed by atoms with Crippen LogP contribution < -0.4 is 15.9 Å². The predicted octanol–water partition coefficient (Wildman–Crippen LogP) is 2.91. The zero-order valence-electron chi connectivity index (χ0n) is 13.9. The minimum absolute atomic E-state index is 0.0159. The first-order valence-corrected chi connectivity index (χ1v) is 8.60. The van der Waals surface area contributed by atoms with E-state index in [9.17, 15) is 4.79 Å². The lowest BCUT2D eigenvalue weighted by molar-refractivity contribution is -0.123. The summed E-state index contributed by atoms with van der Waals surface area (Å²) in [6.07, 6.45) is 1.69. The summed E-state index contributed by atoms with van der Waals surface area (Å²) in [5.74, 6) is 7.00. The van der Waals surface area contributed by atoms with E-state index < -0.39 is 0 Å². The van der Waals surface area contributed by atoms with Crippen LogP contribution in [0, 0.1) is 5.92 Å². The third kappa shape index (κ3) is 4.48. The van der Waals surface area contributed by atoms with E-state index in [4.69, 9.17) is 10.6 Å². The quantitative estimate of drug-likeness (QED) is 0.451. The lowest BCUT2D eigenvalue weighted by atomic mass is 9.99. The molecule has 0 bridgehead atoms. The van der Waals surface area contributed by atoms with Gasteiger partial charge in [-0.1, -0.05) is 29.8 Å². The van der Waals surface area contributed by atoms with Crippen LogP contribution in [-0.4, -0.2) is 31.1 Å². The molecule has 5 nitrogen and oxygen atoms in total. The molecular formula is C17H24BrN3O2. The molecule has 23 heavy (non-hydrogen) atoms. The number of hydrazine groups is 1. The van der Waals surface area contributed by atoms with Gasteiger partial charge in [0, 0.05) is 29.5 Å². The van der Waals surface area contributed by atoms with Crippen LogP contribution in [-0.2, 0) is 4.79 Å². The number of ether oxygens (including phenoxy) is 1. The van der Waals surface area contributed by atoms with Gasteiger partial charge in [-0.3, -0.25) is 4.79 Å². The van der Waals surface area contributed by atoms with Crippen molar-refractivity contribution in [1.29, 1.82) is 0 Å². The van der Waals surface area contributed by atoms with Gasteiger partial charge in [-0.05, 0) is 36.6 Å². The van der Waals surface area contributed by atoms with Crippen LogP contribution in [0.25, 0.3) is 5.70 Å². The van der Waals surface area contributed by atoms with Gasteiger partial charge in [-0.15, -0.1) is 0 Å². The van der Waals surface area contributed by atoms with E-state index in [2.05, 4.69) is 21.2 Å². The van der Waals surface area contributed by atoms with E-state index in [-0.39, 0.29) is 11.8 Å². The van der Waals surface area contributed by atoms with Crippen molar-refractivity contribution < 1.29 is 9.53 Å². The Bertz CT molecular complexity index is 612. The van der Waals surface area contributed by atoms with Crippen LogP contribution >= 0.6 is 15.9 Å². The van der Waals surface area contributed by atoms with Gasteiger partial charge in [0.15, 0.2) is 0 Å². The molecule has 0 spiro atoms. The van der Waals surface area contributed by atoms with Crippen molar-refractivity contribution in [3.8, 4) is 5.75 Å². The molecule has 0 aromatic heterocycles. The lowest BCUT2D eigenvalue weighted by Gasteiger charge is -2.28. The Morgan fingerprint density at radius 1 is 1.48 bits per heavy atom. The molecule has 6 heteroatoms. The van der Waals surface area contributed by atoms with E-state index in [0.717, 1.165) is 39.9 Å². The summed E-state index contributed by atoms with van der Waals surface area (Å²) in [5, 5.41) is 4.59. The lowest BCUT2D eigenvalue weighted by Crippen LogP contribution is -2.30. The number of carbonyl (C=O) groups is 1. The maximum atomic E-state index is 11.6. The minimum Gasteiger partial charge on any atom is -0.488 e. The van der Waals surface area contributed by atoms with Crippen LogP contribution in [0.2, 0.25) is 0 Å². The number of nitrogens with zero attached hydrogens (tertiary/aromatic N) is 1. The highest BCUT2D eigenvalue weighted by atomic mass is 79.9.